The van der Waals surface area contributed by atoms with Crippen LogP contribution in [-0.2, 0) is 14.3 Å². The standard InChI is InChI=1S/C19H26N2O5S/c1-19(2,3)26-18(23)20-11-14(15-8-9-17(22)25-15)21-13-7-6-12(24-4)10-16(13)27-5/h6-10,14-15,21H,11H2,1-5H3,(H,20,23)/t14-,15+/m0/s1. The summed E-state index contributed by atoms with van der Waals surface area (Å²) < 4.78 is 15.8. The highest BCUT2D eigenvalue weighted by molar-refractivity contribution is 7.98. The number of thioether (sulfide) groups is 1. The van der Waals surface area contributed by atoms with E-state index in [0.717, 1.165) is 16.3 Å². The first-order valence-corrected chi connectivity index (χ1v) is 9.78. The van der Waals surface area contributed by atoms with Gasteiger partial charge in [0.2, 0.25) is 0 Å². The molecule has 2 atom stereocenters. The van der Waals surface area contributed by atoms with Crippen LogP contribution in [0.25, 0.3) is 0 Å². The smallest absolute Gasteiger partial charge is 0.407 e. The molecule has 0 fully saturated rings. The third kappa shape index (κ3) is 6.39. The zero-order valence-corrected chi connectivity index (χ0v) is 17.0. The second-order valence-corrected chi connectivity index (χ2v) is 7.81. The number of esters is 1. The maximum atomic E-state index is 12.0. The second kappa shape index (κ2) is 9.03. The summed E-state index contributed by atoms with van der Waals surface area (Å²) in [6, 6.07) is 5.30. The van der Waals surface area contributed by atoms with Crippen molar-refractivity contribution in [2.75, 3.05) is 25.2 Å². The average molecular weight is 394 g/mol. The molecule has 2 rings (SSSR count). The topological polar surface area (TPSA) is 85.9 Å². The van der Waals surface area contributed by atoms with Crippen molar-refractivity contribution in [3.05, 3.63) is 30.4 Å². The zero-order chi connectivity index (χ0) is 20.0. The van der Waals surface area contributed by atoms with Gasteiger partial charge < -0.3 is 24.8 Å². The molecular formula is C19H26N2O5S. The zero-order valence-electron chi connectivity index (χ0n) is 16.2. The Kier molecular flexibility index (Phi) is 7.01. The predicted molar refractivity (Wildman–Crippen MR) is 105 cm³/mol. The van der Waals surface area contributed by atoms with Crippen LogP contribution in [0, 0.1) is 0 Å². The summed E-state index contributed by atoms with van der Waals surface area (Å²) in [7, 11) is 1.61. The number of cyclic esters (lactones) is 1. The molecule has 7 nitrogen and oxygen atoms in total. The van der Waals surface area contributed by atoms with Crippen LogP contribution in [0.5, 0.6) is 5.75 Å². The number of rotatable bonds is 7. The van der Waals surface area contributed by atoms with Gasteiger partial charge in [0.25, 0.3) is 0 Å². The Morgan fingerprint density at radius 1 is 1.37 bits per heavy atom. The van der Waals surface area contributed by atoms with E-state index < -0.39 is 23.8 Å². The largest absolute Gasteiger partial charge is 0.497 e. The predicted octanol–water partition coefficient (Wildman–Crippen LogP) is 3.20. The van der Waals surface area contributed by atoms with E-state index in [2.05, 4.69) is 10.6 Å². The number of carbonyl (C=O) groups excluding carboxylic acids is 2. The van der Waals surface area contributed by atoms with Crippen LogP contribution in [0.2, 0.25) is 0 Å². The number of nitrogens with one attached hydrogen (secondary N) is 2. The van der Waals surface area contributed by atoms with E-state index in [1.807, 2.05) is 24.5 Å². The van der Waals surface area contributed by atoms with E-state index in [4.69, 9.17) is 14.2 Å². The van der Waals surface area contributed by atoms with E-state index in [1.165, 1.54) is 6.08 Å². The summed E-state index contributed by atoms with van der Waals surface area (Å²) in [6.45, 7) is 5.61. The summed E-state index contributed by atoms with van der Waals surface area (Å²) >= 11 is 1.56. The number of anilines is 1. The number of hydrogen-bond acceptors (Lipinski definition) is 7. The number of hydrogen-bond donors (Lipinski definition) is 2. The molecular weight excluding hydrogens is 368 g/mol. The van der Waals surface area contributed by atoms with Crippen LogP contribution < -0.4 is 15.4 Å². The molecule has 0 spiro atoms. The van der Waals surface area contributed by atoms with Crippen molar-refractivity contribution >= 4 is 29.5 Å². The van der Waals surface area contributed by atoms with Gasteiger partial charge in [0.15, 0.2) is 0 Å². The molecule has 2 N–H and O–H groups in total. The minimum absolute atomic E-state index is 0.219. The highest BCUT2D eigenvalue weighted by Crippen LogP contribution is 2.30. The summed E-state index contributed by atoms with van der Waals surface area (Å²) in [5.74, 6) is 0.351. The molecule has 1 aliphatic rings. The Morgan fingerprint density at radius 2 is 2.11 bits per heavy atom. The lowest BCUT2D eigenvalue weighted by Gasteiger charge is -2.26. The third-order valence-electron chi connectivity index (χ3n) is 3.69. The van der Waals surface area contributed by atoms with Gasteiger partial charge in [-0.2, -0.15) is 0 Å². The van der Waals surface area contributed by atoms with Gasteiger partial charge in [-0.3, -0.25) is 0 Å². The van der Waals surface area contributed by atoms with Gasteiger partial charge in [-0.05, 0) is 51.3 Å². The fourth-order valence-electron chi connectivity index (χ4n) is 2.48. The second-order valence-electron chi connectivity index (χ2n) is 6.96. The van der Waals surface area contributed by atoms with E-state index in [-0.39, 0.29) is 12.6 Å². The van der Waals surface area contributed by atoms with Crippen molar-refractivity contribution in [3.63, 3.8) is 0 Å². The van der Waals surface area contributed by atoms with Crippen LogP contribution in [-0.4, -0.2) is 49.7 Å². The molecule has 0 saturated carbocycles. The van der Waals surface area contributed by atoms with Crippen molar-refractivity contribution in [1.82, 2.24) is 5.32 Å². The van der Waals surface area contributed by atoms with Gasteiger partial charge in [-0.15, -0.1) is 11.8 Å². The number of carbonyl (C=O) groups is 2. The Hall–Kier alpha value is -2.35. The molecule has 1 aromatic rings. The molecule has 0 aliphatic carbocycles. The molecule has 1 amide bonds. The normalized spacial score (nSPS) is 17.2. The Balaban J connectivity index is 2.12. The van der Waals surface area contributed by atoms with Crippen molar-refractivity contribution in [2.45, 2.75) is 43.4 Å². The Morgan fingerprint density at radius 3 is 2.67 bits per heavy atom. The minimum atomic E-state index is -0.589. The molecule has 8 heteroatoms. The highest BCUT2D eigenvalue weighted by Gasteiger charge is 2.28. The van der Waals surface area contributed by atoms with Gasteiger partial charge in [0.05, 0.1) is 13.2 Å². The van der Waals surface area contributed by atoms with Gasteiger partial charge in [0.1, 0.15) is 17.5 Å². The molecule has 1 heterocycles. The van der Waals surface area contributed by atoms with Gasteiger partial charge in [-0.1, -0.05) is 0 Å². The lowest BCUT2D eigenvalue weighted by Crippen LogP contribution is -2.45. The SMILES string of the molecule is COc1ccc(N[C@@H](CNC(=O)OC(C)(C)C)[C@H]2C=CC(=O)O2)c(SC)c1. The van der Waals surface area contributed by atoms with E-state index >= 15 is 0 Å². The summed E-state index contributed by atoms with van der Waals surface area (Å²) in [5.41, 5.74) is 0.269. The van der Waals surface area contributed by atoms with E-state index in [9.17, 15) is 9.59 Å². The molecule has 0 radical (unpaired) electrons. The quantitative estimate of drug-likeness (QED) is 0.542. The first kappa shape index (κ1) is 21.0. The highest BCUT2D eigenvalue weighted by atomic mass is 32.2. The maximum Gasteiger partial charge on any atom is 0.407 e. The van der Waals surface area contributed by atoms with Crippen molar-refractivity contribution in [3.8, 4) is 5.75 Å². The van der Waals surface area contributed by atoms with E-state index in [0.29, 0.717) is 0 Å². The van der Waals surface area contributed by atoms with Crippen molar-refractivity contribution in [2.24, 2.45) is 0 Å². The lowest BCUT2D eigenvalue weighted by atomic mass is 10.1. The number of amides is 1. The first-order valence-electron chi connectivity index (χ1n) is 8.56. The van der Waals surface area contributed by atoms with Crippen molar-refractivity contribution in [1.29, 1.82) is 0 Å². The summed E-state index contributed by atoms with van der Waals surface area (Å²) in [6.07, 6.45) is 4.00. The fourth-order valence-corrected chi connectivity index (χ4v) is 3.06. The molecule has 0 unspecified atom stereocenters. The third-order valence-corrected chi connectivity index (χ3v) is 4.46. The molecule has 0 aromatic heterocycles. The van der Waals surface area contributed by atoms with Crippen LogP contribution >= 0.6 is 11.8 Å². The fraction of sp³-hybridized carbons (Fsp3) is 0.474. The van der Waals surface area contributed by atoms with Crippen LogP contribution in [0.15, 0.2) is 35.2 Å². The Labute approximate surface area is 163 Å². The number of alkyl carbamates (subject to hydrolysis) is 1. The minimum Gasteiger partial charge on any atom is -0.497 e. The van der Waals surface area contributed by atoms with Gasteiger partial charge >= 0.3 is 12.1 Å². The van der Waals surface area contributed by atoms with Gasteiger partial charge in [-0.25, -0.2) is 9.59 Å². The summed E-state index contributed by atoms with van der Waals surface area (Å²) in [5, 5.41) is 6.09. The van der Waals surface area contributed by atoms with Crippen LogP contribution in [0.1, 0.15) is 20.8 Å². The maximum absolute atomic E-state index is 12.0. The molecule has 1 aliphatic heterocycles. The monoisotopic (exact) mass is 394 g/mol. The van der Waals surface area contributed by atoms with Crippen molar-refractivity contribution < 1.29 is 23.8 Å². The van der Waals surface area contributed by atoms with E-state index in [1.54, 1.807) is 45.7 Å². The number of methoxy groups -OCH3 is 1. The van der Waals surface area contributed by atoms with Crippen LogP contribution in [0.3, 0.4) is 0 Å². The molecule has 0 saturated heterocycles. The first-order chi connectivity index (χ1) is 12.7. The molecule has 148 valence electrons. The molecule has 1 aromatic carbocycles. The Bertz CT molecular complexity index is 715. The average Bonchev–Trinajstić information content (AvgIpc) is 3.03. The number of ether oxygens (including phenoxy) is 3. The van der Waals surface area contributed by atoms with Crippen LogP contribution in [0.4, 0.5) is 10.5 Å². The number of benzene rings is 1. The summed E-state index contributed by atoms with van der Waals surface area (Å²) in [4.78, 5) is 24.4. The molecule has 0 bridgehead atoms. The van der Waals surface area contributed by atoms with Gasteiger partial charge in [0, 0.05) is 23.2 Å². The molecule has 27 heavy (non-hydrogen) atoms. The lowest BCUT2D eigenvalue weighted by molar-refractivity contribution is -0.139.